The van der Waals surface area contributed by atoms with E-state index >= 15 is 0 Å². The summed E-state index contributed by atoms with van der Waals surface area (Å²) in [5.41, 5.74) is -3.47. The smallest absolute Gasteiger partial charge is 0.428 e. The van der Waals surface area contributed by atoms with Gasteiger partial charge in [-0.05, 0) is 6.07 Å². The van der Waals surface area contributed by atoms with Crippen molar-refractivity contribution >= 4 is 28.9 Å². The quantitative estimate of drug-likeness (QED) is 0.482. The zero-order chi connectivity index (χ0) is 13.2. The lowest BCUT2D eigenvalue weighted by Gasteiger charge is -2.18. The summed E-state index contributed by atoms with van der Waals surface area (Å²) in [7, 11) is 0. The summed E-state index contributed by atoms with van der Waals surface area (Å²) in [5.74, 6) is -0.606. The Morgan fingerprint density at radius 3 is 2.47 bits per heavy atom. The highest BCUT2D eigenvalue weighted by atomic mass is 35.5. The van der Waals surface area contributed by atoms with Gasteiger partial charge < -0.3 is 4.74 Å². The second-order valence-electron chi connectivity index (χ2n) is 2.84. The van der Waals surface area contributed by atoms with Crippen LogP contribution in [-0.4, -0.2) is 16.7 Å². The van der Waals surface area contributed by atoms with E-state index in [0.29, 0.717) is 0 Å². The van der Waals surface area contributed by atoms with Gasteiger partial charge in [0, 0.05) is 12.1 Å². The monoisotopic (exact) mass is 289 g/mol. The fourth-order valence-corrected chi connectivity index (χ4v) is 1.14. The maximum atomic E-state index is 12.7. The van der Waals surface area contributed by atoms with Crippen LogP contribution in [0.5, 0.6) is 5.75 Å². The molecule has 0 aliphatic heterocycles. The molecule has 0 bridgehead atoms. The molecule has 0 aliphatic rings. The molecule has 0 saturated heterocycles. The minimum Gasteiger partial charge on any atom is -0.428 e. The number of hydrogen-bond acceptors (Lipinski definition) is 3. The molecule has 9 heteroatoms. The number of nitrogens with zero attached hydrogens (tertiary/aromatic N) is 1. The highest BCUT2D eigenvalue weighted by Crippen LogP contribution is 2.34. The SMILES string of the molecule is O=[N+]([O-])c1ccc(OC(F)(F)C(F)Cl)c(Cl)c1. The Hall–Kier alpha value is -1.21. The van der Waals surface area contributed by atoms with Crippen LogP contribution in [0.2, 0.25) is 5.02 Å². The van der Waals surface area contributed by atoms with Crippen LogP contribution in [0.1, 0.15) is 0 Å². The average molecular weight is 290 g/mol. The van der Waals surface area contributed by atoms with E-state index in [9.17, 15) is 23.3 Å². The molecule has 0 spiro atoms. The zero-order valence-electron chi connectivity index (χ0n) is 7.87. The topological polar surface area (TPSA) is 52.4 Å². The molecular formula is C8H4Cl2F3NO3. The summed E-state index contributed by atoms with van der Waals surface area (Å²) in [6.07, 6.45) is -4.28. The maximum Gasteiger partial charge on any atom is 0.444 e. The number of ether oxygens (including phenoxy) is 1. The highest BCUT2D eigenvalue weighted by molar-refractivity contribution is 6.32. The van der Waals surface area contributed by atoms with E-state index in [1.165, 1.54) is 0 Å². The van der Waals surface area contributed by atoms with Crippen molar-refractivity contribution in [1.29, 1.82) is 0 Å². The lowest BCUT2D eigenvalue weighted by molar-refractivity contribution is -0.384. The van der Waals surface area contributed by atoms with Gasteiger partial charge >= 0.3 is 6.11 Å². The highest BCUT2D eigenvalue weighted by Gasteiger charge is 2.42. The van der Waals surface area contributed by atoms with Gasteiger partial charge in [-0.15, -0.1) is 0 Å². The van der Waals surface area contributed by atoms with Crippen LogP contribution in [0.4, 0.5) is 18.9 Å². The molecule has 17 heavy (non-hydrogen) atoms. The minimum atomic E-state index is -4.28. The van der Waals surface area contributed by atoms with Crippen LogP contribution < -0.4 is 4.74 Å². The second kappa shape index (κ2) is 4.97. The third-order valence-corrected chi connectivity index (χ3v) is 2.18. The van der Waals surface area contributed by atoms with Crippen LogP contribution in [-0.2, 0) is 0 Å². The number of halogens is 5. The first-order valence-corrected chi connectivity index (χ1v) is 4.84. The Labute approximate surface area is 103 Å². The van der Waals surface area contributed by atoms with Crippen LogP contribution in [0.25, 0.3) is 0 Å². The van der Waals surface area contributed by atoms with Crippen molar-refractivity contribution in [3.63, 3.8) is 0 Å². The second-order valence-corrected chi connectivity index (χ2v) is 3.63. The summed E-state index contributed by atoms with van der Waals surface area (Å²) in [5, 5.41) is 9.89. The molecular weight excluding hydrogens is 286 g/mol. The largest absolute Gasteiger partial charge is 0.444 e. The fourth-order valence-electron chi connectivity index (χ4n) is 0.877. The number of benzene rings is 1. The molecule has 0 aromatic heterocycles. The molecule has 0 radical (unpaired) electrons. The molecule has 1 rings (SSSR count). The van der Waals surface area contributed by atoms with Crippen LogP contribution in [0, 0.1) is 10.1 Å². The molecule has 0 saturated carbocycles. The van der Waals surface area contributed by atoms with Gasteiger partial charge in [-0.2, -0.15) is 8.78 Å². The molecule has 0 fully saturated rings. The molecule has 1 atom stereocenters. The van der Waals surface area contributed by atoms with E-state index in [1.54, 1.807) is 0 Å². The van der Waals surface area contributed by atoms with E-state index in [4.69, 9.17) is 11.6 Å². The van der Waals surface area contributed by atoms with Gasteiger partial charge in [-0.25, -0.2) is 4.39 Å². The van der Waals surface area contributed by atoms with Crippen molar-refractivity contribution in [2.45, 2.75) is 11.7 Å². The van der Waals surface area contributed by atoms with Crippen LogP contribution in [0.15, 0.2) is 18.2 Å². The molecule has 0 N–H and O–H groups in total. The van der Waals surface area contributed by atoms with Crippen molar-refractivity contribution in [3.05, 3.63) is 33.3 Å². The Balaban J connectivity index is 2.98. The van der Waals surface area contributed by atoms with Crippen molar-refractivity contribution in [1.82, 2.24) is 0 Å². The van der Waals surface area contributed by atoms with Crippen molar-refractivity contribution < 1.29 is 22.8 Å². The van der Waals surface area contributed by atoms with E-state index in [-0.39, 0.29) is 0 Å². The number of non-ortho nitro benzene ring substituents is 1. The summed E-state index contributed by atoms with van der Waals surface area (Å²) in [6, 6.07) is 2.51. The lowest BCUT2D eigenvalue weighted by atomic mass is 10.3. The zero-order valence-corrected chi connectivity index (χ0v) is 9.38. The number of nitro groups is 1. The first kappa shape index (κ1) is 13.9. The maximum absolute atomic E-state index is 12.7. The van der Waals surface area contributed by atoms with Gasteiger partial charge in [0.05, 0.1) is 9.95 Å². The minimum absolute atomic E-state index is 0.409. The average Bonchev–Trinajstić information content (AvgIpc) is 2.20. The third kappa shape index (κ3) is 3.37. The van der Waals surface area contributed by atoms with E-state index in [1.807, 2.05) is 0 Å². The number of rotatable bonds is 4. The van der Waals surface area contributed by atoms with Gasteiger partial charge in [0.25, 0.3) is 11.3 Å². The normalized spacial score (nSPS) is 13.2. The first-order chi connectivity index (χ1) is 7.74. The van der Waals surface area contributed by atoms with E-state index < -0.39 is 33.1 Å². The Morgan fingerprint density at radius 1 is 1.47 bits per heavy atom. The first-order valence-electron chi connectivity index (χ1n) is 4.03. The predicted molar refractivity (Wildman–Crippen MR) is 54.4 cm³/mol. The fraction of sp³-hybridized carbons (Fsp3) is 0.250. The van der Waals surface area contributed by atoms with E-state index in [2.05, 4.69) is 16.3 Å². The molecule has 0 heterocycles. The Morgan fingerprint density at radius 2 is 2.06 bits per heavy atom. The number of alkyl halides is 4. The molecule has 1 unspecified atom stereocenters. The van der Waals surface area contributed by atoms with Crippen molar-refractivity contribution in [3.8, 4) is 5.75 Å². The van der Waals surface area contributed by atoms with Gasteiger partial charge in [-0.3, -0.25) is 10.1 Å². The Bertz CT molecular complexity index is 442. The molecule has 0 amide bonds. The Kier molecular flexibility index (Phi) is 4.05. The van der Waals surface area contributed by atoms with Crippen LogP contribution >= 0.6 is 23.2 Å². The van der Waals surface area contributed by atoms with Crippen molar-refractivity contribution in [2.75, 3.05) is 0 Å². The molecule has 94 valence electrons. The van der Waals surface area contributed by atoms with Gasteiger partial charge in [0.15, 0.2) is 0 Å². The summed E-state index contributed by atoms with van der Waals surface area (Å²) in [6.45, 7) is 0. The number of nitro benzene ring substituents is 1. The molecule has 0 aliphatic carbocycles. The van der Waals surface area contributed by atoms with Gasteiger partial charge in [0.1, 0.15) is 5.75 Å². The summed E-state index contributed by atoms with van der Waals surface area (Å²) < 4.78 is 41.7. The standard InChI is InChI=1S/C8H4Cl2F3NO3/c9-5-3-4(14(15)16)1-2-6(5)17-8(12,13)7(10)11/h1-3,7H. The van der Waals surface area contributed by atoms with Crippen LogP contribution in [0.3, 0.4) is 0 Å². The predicted octanol–water partition coefficient (Wildman–Crippen LogP) is 3.75. The van der Waals surface area contributed by atoms with Gasteiger partial charge in [-0.1, -0.05) is 23.2 Å². The van der Waals surface area contributed by atoms with E-state index in [0.717, 1.165) is 18.2 Å². The number of hydrogen-bond donors (Lipinski definition) is 0. The third-order valence-electron chi connectivity index (χ3n) is 1.63. The lowest BCUT2D eigenvalue weighted by Crippen LogP contribution is -2.32. The molecule has 4 nitrogen and oxygen atoms in total. The molecule has 1 aromatic rings. The van der Waals surface area contributed by atoms with Crippen molar-refractivity contribution in [2.24, 2.45) is 0 Å². The molecule has 1 aromatic carbocycles. The summed E-state index contributed by atoms with van der Waals surface area (Å²) >= 11 is 10.0. The van der Waals surface area contributed by atoms with Gasteiger partial charge in [0.2, 0.25) is 0 Å². The summed E-state index contributed by atoms with van der Waals surface area (Å²) in [4.78, 5) is 9.56.